The third-order valence-corrected chi connectivity index (χ3v) is 5.71. The molecule has 0 aliphatic rings. The summed E-state index contributed by atoms with van der Waals surface area (Å²) in [7, 11) is 0. The first kappa shape index (κ1) is 38.0. The molecule has 2 aromatic carbocycles. The number of benzene rings is 2. The Balaban J connectivity index is 0. The summed E-state index contributed by atoms with van der Waals surface area (Å²) in [6, 6.07) is 17.8. The topological polar surface area (TPSA) is 119 Å². The molecule has 0 aliphatic carbocycles. The third-order valence-electron chi connectivity index (χ3n) is 5.71. The van der Waals surface area contributed by atoms with E-state index >= 15 is 0 Å². The van der Waals surface area contributed by atoms with E-state index in [4.69, 9.17) is 15.6 Å². The Morgan fingerprint density at radius 2 is 1.46 bits per heavy atom. The first-order chi connectivity index (χ1) is 17.9. The predicted molar refractivity (Wildman–Crippen MR) is 161 cm³/mol. The summed E-state index contributed by atoms with van der Waals surface area (Å²) >= 11 is 0. The second-order valence-corrected chi connectivity index (χ2v) is 9.66. The summed E-state index contributed by atoms with van der Waals surface area (Å²) in [6.45, 7) is 14.0. The van der Waals surface area contributed by atoms with Crippen molar-refractivity contribution in [2.45, 2.75) is 99.6 Å². The molecule has 4 N–H and O–H groups in total. The number of hydrogen-bond acceptors (Lipinski definition) is 5. The fourth-order valence-corrected chi connectivity index (χ4v) is 3.27. The number of carbonyl (C=O) groups is 3. The average Bonchev–Trinajstić information content (AvgIpc) is 2.89. The normalized spacial score (nSPS) is 11.7. The minimum Gasteiger partial charge on any atom is -0.481 e. The van der Waals surface area contributed by atoms with Gasteiger partial charge in [0.2, 0.25) is 5.91 Å². The maximum Gasteiger partial charge on any atom is 0.308 e. The first-order valence-corrected chi connectivity index (χ1v) is 13.6. The van der Waals surface area contributed by atoms with E-state index in [1.807, 2.05) is 82.3 Å². The number of nitrogens with two attached hydrogens (primary N) is 1. The van der Waals surface area contributed by atoms with Crippen molar-refractivity contribution < 1.29 is 24.2 Å². The zero-order valence-corrected chi connectivity index (χ0v) is 24.3. The number of nitrogens with one attached hydrogen (secondary N) is 1. The second-order valence-electron chi connectivity index (χ2n) is 9.66. The molecule has 2 atom stereocenters. The van der Waals surface area contributed by atoms with Gasteiger partial charge in [-0.1, -0.05) is 89.7 Å². The van der Waals surface area contributed by atoms with Gasteiger partial charge in [-0.05, 0) is 56.7 Å². The lowest BCUT2D eigenvalue weighted by Crippen LogP contribution is -2.39. The van der Waals surface area contributed by atoms with Crippen LogP contribution in [0.25, 0.3) is 11.1 Å². The Labute approximate surface area is 236 Å². The molecular formula is C32H52N2O5. The monoisotopic (exact) mass is 544 g/mol. The summed E-state index contributed by atoms with van der Waals surface area (Å²) in [5.41, 5.74) is 8.82. The Hall–Kier alpha value is -3.19. The highest BCUT2D eigenvalue weighted by atomic mass is 16.5. The van der Waals surface area contributed by atoms with E-state index in [0.29, 0.717) is 19.4 Å². The van der Waals surface area contributed by atoms with Crippen molar-refractivity contribution >= 4 is 17.8 Å². The van der Waals surface area contributed by atoms with Gasteiger partial charge in [-0.2, -0.15) is 0 Å². The van der Waals surface area contributed by atoms with Gasteiger partial charge < -0.3 is 20.9 Å². The van der Waals surface area contributed by atoms with Crippen LogP contribution < -0.4 is 11.1 Å². The fourth-order valence-electron chi connectivity index (χ4n) is 3.27. The molecule has 0 heterocycles. The highest BCUT2D eigenvalue weighted by Gasteiger charge is 2.22. The highest BCUT2D eigenvalue weighted by Crippen LogP contribution is 2.21. The molecule has 220 valence electrons. The summed E-state index contributed by atoms with van der Waals surface area (Å²) in [5, 5.41) is 11.7. The fraction of sp³-hybridized carbons (Fsp3) is 0.531. The van der Waals surface area contributed by atoms with Gasteiger partial charge >= 0.3 is 11.9 Å². The van der Waals surface area contributed by atoms with Crippen molar-refractivity contribution in [1.29, 1.82) is 0 Å². The van der Waals surface area contributed by atoms with Crippen molar-refractivity contribution in [2.24, 2.45) is 11.7 Å². The number of carboxylic acids is 1. The zero-order valence-electron chi connectivity index (χ0n) is 24.3. The number of amides is 1. The Morgan fingerprint density at radius 3 is 1.92 bits per heavy atom. The molecule has 0 radical (unpaired) electrons. The van der Waals surface area contributed by atoms with Crippen LogP contribution in [0.4, 0.5) is 0 Å². The summed E-state index contributed by atoms with van der Waals surface area (Å²) in [5.74, 6) is -2.03. The van der Waals surface area contributed by atoms with Gasteiger partial charge in [-0.3, -0.25) is 14.4 Å². The number of rotatable bonds is 12. The number of hydrogen-bond donors (Lipinski definition) is 3. The summed E-state index contributed by atoms with van der Waals surface area (Å²) < 4.78 is 5.07. The molecule has 1 unspecified atom stereocenters. The number of esters is 1. The minimum absolute atomic E-state index is 0. The van der Waals surface area contributed by atoms with Gasteiger partial charge in [-0.25, -0.2) is 0 Å². The van der Waals surface area contributed by atoms with E-state index in [-0.39, 0.29) is 49.6 Å². The molecule has 7 nitrogen and oxygen atoms in total. The van der Waals surface area contributed by atoms with Crippen LogP contribution in [0.3, 0.4) is 0 Å². The first-order valence-electron chi connectivity index (χ1n) is 13.6. The van der Waals surface area contributed by atoms with Crippen LogP contribution in [0.15, 0.2) is 54.6 Å². The maximum atomic E-state index is 12.2. The summed E-state index contributed by atoms with van der Waals surface area (Å²) in [6.07, 6.45) is 1.69. The number of aliphatic carboxylic acids is 1. The lowest BCUT2D eigenvalue weighted by molar-refractivity contribution is -0.148. The van der Waals surface area contributed by atoms with Crippen LogP contribution in [0, 0.1) is 5.92 Å². The Bertz CT molecular complexity index is 937. The summed E-state index contributed by atoms with van der Waals surface area (Å²) in [4.78, 5) is 34.9. The Morgan fingerprint density at radius 1 is 0.949 bits per heavy atom. The molecule has 39 heavy (non-hydrogen) atoms. The van der Waals surface area contributed by atoms with Gasteiger partial charge in [0.25, 0.3) is 0 Å². The third kappa shape index (κ3) is 17.9. The van der Waals surface area contributed by atoms with Crippen LogP contribution in [0.5, 0.6) is 0 Å². The molecule has 7 heteroatoms. The molecule has 0 saturated heterocycles. The quantitative estimate of drug-likeness (QED) is 0.258. The molecule has 0 aromatic heterocycles. The largest absolute Gasteiger partial charge is 0.481 e. The number of ether oxygens (including phenoxy) is 1. The smallest absolute Gasteiger partial charge is 0.308 e. The molecule has 2 aromatic rings. The van der Waals surface area contributed by atoms with E-state index in [9.17, 15) is 14.4 Å². The molecule has 0 bridgehead atoms. The minimum atomic E-state index is -1.02. The van der Waals surface area contributed by atoms with Crippen molar-refractivity contribution in [2.75, 3.05) is 6.61 Å². The van der Waals surface area contributed by atoms with Crippen molar-refractivity contribution in [3.63, 3.8) is 0 Å². The number of carbonyl (C=O) groups excluding carboxylic acids is 2. The van der Waals surface area contributed by atoms with Crippen LogP contribution in [-0.4, -0.2) is 41.1 Å². The van der Waals surface area contributed by atoms with Gasteiger partial charge in [0, 0.05) is 18.0 Å². The molecule has 0 spiro atoms. The molecule has 0 aliphatic heterocycles. The molecule has 1 amide bonds. The van der Waals surface area contributed by atoms with Crippen LogP contribution in [-0.2, 0) is 25.5 Å². The van der Waals surface area contributed by atoms with E-state index in [0.717, 1.165) is 23.1 Å². The van der Waals surface area contributed by atoms with Gasteiger partial charge in [0.15, 0.2) is 0 Å². The van der Waals surface area contributed by atoms with E-state index in [1.165, 1.54) is 0 Å². The number of carboxylic acid groups (broad SMARTS) is 1. The predicted octanol–water partition coefficient (Wildman–Crippen LogP) is 6.63. The van der Waals surface area contributed by atoms with Crippen molar-refractivity contribution in [1.82, 2.24) is 5.32 Å². The Kier molecular flexibility index (Phi) is 20.2. The molecular weight excluding hydrogens is 492 g/mol. The van der Waals surface area contributed by atoms with Gasteiger partial charge in [-0.15, -0.1) is 0 Å². The van der Waals surface area contributed by atoms with Crippen molar-refractivity contribution in [3.8, 4) is 11.1 Å². The standard InChI is InChI=1S/C24H29NO5.C5H13N.C2H6.CH4/c1-3-30-24(29)17(2)15-21(25-22(26)13-14-23(27)28)16-18-9-11-20(12-10-18)19-7-5-4-6-8-19;1-4-5(2,3)6;1-2;/h4-12,17,21H,3,13-16H2,1-2H3,(H,25,26)(H,27,28);4,6H2,1-3H3;1-2H3;1H4/t17?,21-;;;/m0.../s1. The van der Waals surface area contributed by atoms with Crippen LogP contribution in [0.1, 0.15) is 87.1 Å². The molecule has 0 fully saturated rings. The van der Waals surface area contributed by atoms with Crippen molar-refractivity contribution in [3.05, 3.63) is 60.2 Å². The zero-order chi connectivity index (χ0) is 29.1. The second kappa shape index (κ2) is 20.7. The van der Waals surface area contributed by atoms with Crippen LogP contribution >= 0.6 is 0 Å². The average molecular weight is 545 g/mol. The lowest BCUT2D eigenvalue weighted by atomic mass is 9.94. The van der Waals surface area contributed by atoms with E-state index in [1.54, 1.807) is 13.8 Å². The maximum absolute atomic E-state index is 12.2. The van der Waals surface area contributed by atoms with Gasteiger partial charge in [0.05, 0.1) is 18.9 Å². The van der Waals surface area contributed by atoms with Gasteiger partial charge in [0.1, 0.15) is 0 Å². The molecule has 2 rings (SSSR count). The van der Waals surface area contributed by atoms with E-state index in [2.05, 4.69) is 12.2 Å². The SMILES string of the molecule is C.CC.CCC(C)(C)N.CCOC(=O)C(C)C[C@@H](Cc1ccc(-c2ccccc2)cc1)NC(=O)CCC(=O)O. The lowest BCUT2D eigenvalue weighted by Gasteiger charge is -2.22. The molecule has 0 saturated carbocycles. The highest BCUT2D eigenvalue weighted by molar-refractivity contribution is 5.81. The van der Waals surface area contributed by atoms with E-state index < -0.39 is 5.97 Å². The van der Waals surface area contributed by atoms with Crippen LogP contribution in [0.2, 0.25) is 0 Å².